The first kappa shape index (κ1) is 7.44. The van der Waals surface area contributed by atoms with E-state index in [1.54, 1.807) is 6.33 Å². The van der Waals surface area contributed by atoms with E-state index in [0.29, 0.717) is 0 Å². The molecule has 0 aromatic heterocycles. The van der Waals surface area contributed by atoms with Crippen LogP contribution in [0.1, 0.15) is 0 Å². The number of fused-ring (bicyclic) bond motifs is 3. The van der Waals surface area contributed by atoms with Gasteiger partial charge in [-0.3, -0.25) is 0 Å². The molecule has 0 fully saturated rings. The van der Waals surface area contributed by atoms with Gasteiger partial charge in [-0.2, -0.15) is 0 Å². The first-order chi connectivity index (χ1) is 6.95. The first-order valence-corrected chi connectivity index (χ1v) is 4.53. The van der Waals surface area contributed by atoms with Gasteiger partial charge in [0, 0.05) is 5.39 Å². The van der Waals surface area contributed by atoms with E-state index in [9.17, 15) is 0 Å². The summed E-state index contributed by atoms with van der Waals surface area (Å²) in [5, 5.41) is 2.35. The topological polar surface area (TPSA) is 25.8 Å². The van der Waals surface area contributed by atoms with Crippen LogP contribution in [0.15, 0.2) is 48.8 Å². The van der Waals surface area contributed by atoms with Crippen LogP contribution < -0.4 is 0 Å². The second kappa shape index (κ2) is 2.77. The highest BCUT2D eigenvalue weighted by Crippen LogP contribution is 2.25. The molecule has 3 rings (SSSR count). The number of hydrogen-bond acceptors (Lipinski definition) is 2. The molecule has 1 aliphatic heterocycles. The summed E-state index contributed by atoms with van der Waals surface area (Å²) in [6, 6.07) is 14.3. The van der Waals surface area contributed by atoms with E-state index in [4.69, 9.17) is 0 Å². The molecule has 2 aliphatic rings. The molecular weight excluding hydrogens is 172 g/mol. The highest BCUT2D eigenvalue weighted by molar-refractivity contribution is 5.93. The van der Waals surface area contributed by atoms with Crippen LogP contribution in [0.4, 0.5) is 0 Å². The summed E-state index contributed by atoms with van der Waals surface area (Å²) in [5.74, 6) is 0. The summed E-state index contributed by atoms with van der Waals surface area (Å²) < 4.78 is 0. The monoisotopic (exact) mass is 180 g/mol. The van der Waals surface area contributed by atoms with Crippen LogP contribution >= 0.6 is 0 Å². The van der Waals surface area contributed by atoms with E-state index in [-0.39, 0.29) is 0 Å². The van der Waals surface area contributed by atoms with Gasteiger partial charge in [0.2, 0.25) is 0 Å². The number of rotatable bonds is 0. The Balaban J connectivity index is 2.56. The molecular formula is C12H8N2. The van der Waals surface area contributed by atoms with Crippen molar-refractivity contribution in [3.63, 3.8) is 0 Å². The third kappa shape index (κ3) is 0.973. The molecule has 0 N–H and O–H groups in total. The molecule has 0 radical (unpaired) electrons. The van der Waals surface area contributed by atoms with Gasteiger partial charge in [0.25, 0.3) is 0 Å². The lowest BCUT2D eigenvalue weighted by atomic mass is 10.1. The van der Waals surface area contributed by atoms with Crippen molar-refractivity contribution in [1.29, 1.82) is 0 Å². The number of benzene rings is 1. The minimum Gasteiger partial charge on any atom is -0.235 e. The van der Waals surface area contributed by atoms with Gasteiger partial charge in [-0.15, -0.1) is 0 Å². The summed E-state index contributed by atoms with van der Waals surface area (Å²) >= 11 is 0. The Morgan fingerprint density at radius 2 is 1.64 bits per heavy atom. The average molecular weight is 180 g/mol. The lowest BCUT2D eigenvalue weighted by Crippen LogP contribution is -1.74. The molecule has 1 aromatic carbocycles. The number of aromatic nitrogens is 2. The predicted molar refractivity (Wildman–Crippen MR) is 56.2 cm³/mol. The SMILES string of the molecule is c1ccc2c3ncnc-3cccc2c1. The van der Waals surface area contributed by atoms with E-state index >= 15 is 0 Å². The Hall–Kier alpha value is -1.96. The molecule has 1 aromatic rings. The molecule has 0 spiro atoms. The van der Waals surface area contributed by atoms with Crippen molar-refractivity contribution >= 4 is 10.8 Å². The third-order valence-electron chi connectivity index (χ3n) is 2.37. The van der Waals surface area contributed by atoms with Crippen molar-refractivity contribution in [3.8, 4) is 11.4 Å². The van der Waals surface area contributed by atoms with Crippen LogP contribution in [-0.2, 0) is 0 Å². The largest absolute Gasteiger partial charge is 0.235 e. The normalized spacial score (nSPS) is 10.9. The quantitative estimate of drug-likeness (QED) is 0.531. The summed E-state index contributed by atoms with van der Waals surface area (Å²) in [4.78, 5) is 8.47. The van der Waals surface area contributed by atoms with E-state index in [1.165, 1.54) is 5.39 Å². The zero-order valence-electron chi connectivity index (χ0n) is 7.51. The zero-order valence-corrected chi connectivity index (χ0v) is 7.51. The molecule has 2 heteroatoms. The highest BCUT2D eigenvalue weighted by atomic mass is 14.9. The van der Waals surface area contributed by atoms with Gasteiger partial charge in [0.1, 0.15) is 6.33 Å². The smallest absolute Gasteiger partial charge is 0.116 e. The molecule has 0 unspecified atom stereocenters. The van der Waals surface area contributed by atoms with Crippen molar-refractivity contribution in [2.45, 2.75) is 0 Å². The van der Waals surface area contributed by atoms with Crippen molar-refractivity contribution in [2.75, 3.05) is 0 Å². The van der Waals surface area contributed by atoms with E-state index in [2.05, 4.69) is 28.2 Å². The lowest BCUT2D eigenvalue weighted by molar-refractivity contribution is 1.33. The molecule has 1 aliphatic carbocycles. The van der Waals surface area contributed by atoms with Crippen LogP contribution in [0.5, 0.6) is 0 Å². The molecule has 0 bridgehead atoms. The summed E-state index contributed by atoms with van der Waals surface area (Å²) in [7, 11) is 0. The molecule has 0 atom stereocenters. The average Bonchev–Trinajstić information content (AvgIpc) is 2.61. The summed E-state index contributed by atoms with van der Waals surface area (Å²) in [6.07, 6.45) is 1.61. The Morgan fingerprint density at radius 1 is 0.786 bits per heavy atom. The van der Waals surface area contributed by atoms with Crippen molar-refractivity contribution in [1.82, 2.24) is 9.97 Å². The minimum atomic E-state index is 0.950. The molecule has 66 valence electrons. The molecule has 2 nitrogen and oxygen atoms in total. The second-order valence-electron chi connectivity index (χ2n) is 3.22. The number of hydrogen-bond donors (Lipinski definition) is 0. The predicted octanol–water partition coefficient (Wildman–Crippen LogP) is 2.73. The maximum atomic E-state index is 4.28. The summed E-state index contributed by atoms with van der Waals surface area (Å²) in [5.41, 5.74) is 1.93. The Bertz CT molecular complexity index is 560. The molecule has 0 saturated carbocycles. The van der Waals surface area contributed by atoms with Crippen LogP contribution in [0.25, 0.3) is 22.2 Å². The van der Waals surface area contributed by atoms with Crippen molar-refractivity contribution in [2.24, 2.45) is 0 Å². The molecule has 0 amide bonds. The molecule has 0 saturated heterocycles. The number of nitrogens with zero attached hydrogens (tertiary/aromatic N) is 2. The lowest BCUT2D eigenvalue weighted by Gasteiger charge is -1.94. The maximum absolute atomic E-state index is 4.28. The van der Waals surface area contributed by atoms with Gasteiger partial charge in [-0.05, 0) is 11.5 Å². The Morgan fingerprint density at radius 3 is 2.64 bits per heavy atom. The Labute approximate surface area is 81.6 Å². The highest BCUT2D eigenvalue weighted by Gasteiger charge is 2.06. The van der Waals surface area contributed by atoms with Crippen molar-refractivity contribution < 1.29 is 0 Å². The van der Waals surface area contributed by atoms with Gasteiger partial charge in [-0.25, -0.2) is 9.97 Å². The van der Waals surface area contributed by atoms with Gasteiger partial charge < -0.3 is 0 Å². The minimum absolute atomic E-state index is 0.950. The maximum Gasteiger partial charge on any atom is 0.116 e. The Kier molecular flexibility index (Phi) is 1.47. The second-order valence-corrected chi connectivity index (χ2v) is 3.22. The third-order valence-corrected chi connectivity index (χ3v) is 2.37. The van der Waals surface area contributed by atoms with Gasteiger partial charge in [-0.1, -0.05) is 36.4 Å². The standard InChI is InChI=1S/C12H8N2/c1-2-6-10-9(4-1)5-3-7-11-12(10)14-8-13-11/h1-8H. The summed E-state index contributed by atoms with van der Waals surface area (Å²) in [6.45, 7) is 0. The van der Waals surface area contributed by atoms with Gasteiger partial charge in [0.05, 0.1) is 11.4 Å². The van der Waals surface area contributed by atoms with Crippen LogP contribution in [-0.4, -0.2) is 9.97 Å². The van der Waals surface area contributed by atoms with Crippen LogP contribution in [0.2, 0.25) is 0 Å². The van der Waals surface area contributed by atoms with Gasteiger partial charge >= 0.3 is 0 Å². The fraction of sp³-hybridized carbons (Fsp3) is 0. The van der Waals surface area contributed by atoms with Crippen LogP contribution in [0.3, 0.4) is 0 Å². The first-order valence-electron chi connectivity index (χ1n) is 4.53. The van der Waals surface area contributed by atoms with E-state index < -0.39 is 0 Å². The zero-order chi connectivity index (χ0) is 9.38. The van der Waals surface area contributed by atoms with Crippen molar-refractivity contribution in [3.05, 3.63) is 48.8 Å². The molecule has 1 heterocycles. The van der Waals surface area contributed by atoms with E-state index in [1.807, 2.05) is 24.3 Å². The fourth-order valence-corrected chi connectivity index (χ4v) is 1.71. The fourth-order valence-electron chi connectivity index (χ4n) is 1.71. The van der Waals surface area contributed by atoms with Crippen LogP contribution in [0, 0.1) is 0 Å². The number of imidazole rings is 1. The van der Waals surface area contributed by atoms with Gasteiger partial charge in [0.15, 0.2) is 0 Å². The van der Waals surface area contributed by atoms with E-state index in [0.717, 1.165) is 16.8 Å². The molecule has 14 heavy (non-hydrogen) atoms.